The smallest absolute Gasteiger partial charge is 0.297 e. The summed E-state index contributed by atoms with van der Waals surface area (Å²) in [5, 5.41) is 11.4. The van der Waals surface area contributed by atoms with E-state index in [-0.39, 0.29) is 6.04 Å². The summed E-state index contributed by atoms with van der Waals surface area (Å²) >= 11 is 0. The second kappa shape index (κ2) is 8.22. The topological polar surface area (TPSA) is 62.4 Å². The number of hydrogen-bond donors (Lipinski definition) is 1. The van der Waals surface area contributed by atoms with Crippen LogP contribution in [0.2, 0.25) is 0 Å². The van der Waals surface area contributed by atoms with Gasteiger partial charge in [0.15, 0.2) is 5.82 Å². The third-order valence-electron chi connectivity index (χ3n) is 5.31. The van der Waals surface area contributed by atoms with Crippen LogP contribution in [0.4, 0.5) is 14.6 Å². The average Bonchev–Trinajstić information content (AvgIpc) is 3.15. The fourth-order valence-electron chi connectivity index (χ4n) is 3.95. The van der Waals surface area contributed by atoms with Gasteiger partial charge in [0.2, 0.25) is 0 Å². The van der Waals surface area contributed by atoms with Gasteiger partial charge >= 0.3 is 0 Å². The monoisotopic (exact) mass is 387 g/mol. The van der Waals surface area contributed by atoms with Crippen molar-refractivity contribution in [2.45, 2.75) is 50.7 Å². The summed E-state index contributed by atoms with van der Waals surface area (Å²) < 4.78 is 32.2. The number of aliphatic hydroxyl groups excluding tert-OH is 1. The van der Waals surface area contributed by atoms with E-state index in [4.69, 9.17) is 4.42 Å². The van der Waals surface area contributed by atoms with E-state index in [0.29, 0.717) is 30.1 Å². The number of rotatable bonds is 5. The Morgan fingerprint density at radius 1 is 1.11 bits per heavy atom. The van der Waals surface area contributed by atoms with E-state index >= 15 is 0 Å². The molecule has 148 valence electrons. The number of alkyl halides is 2. The second-order valence-corrected chi connectivity index (χ2v) is 7.19. The molecule has 0 spiro atoms. The van der Waals surface area contributed by atoms with E-state index in [2.05, 4.69) is 14.9 Å². The summed E-state index contributed by atoms with van der Waals surface area (Å²) in [6.45, 7) is 0.708. The van der Waals surface area contributed by atoms with Crippen molar-refractivity contribution in [2.75, 3.05) is 11.4 Å². The number of nitrogens with zero attached hydrogens (tertiary/aromatic N) is 3. The molecule has 0 radical (unpaired) electrons. The zero-order valence-corrected chi connectivity index (χ0v) is 15.5. The van der Waals surface area contributed by atoms with Crippen molar-refractivity contribution in [1.29, 1.82) is 0 Å². The Morgan fingerprint density at radius 2 is 1.96 bits per heavy atom. The summed E-state index contributed by atoms with van der Waals surface area (Å²) in [4.78, 5) is 10.4. The fourth-order valence-corrected chi connectivity index (χ4v) is 3.95. The second-order valence-electron chi connectivity index (χ2n) is 7.19. The van der Waals surface area contributed by atoms with Crippen molar-refractivity contribution in [2.24, 2.45) is 0 Å². The first kappa shape index (κ1) is 18.8. The molecule has 0 bridgehead atoms. The fraction of sp³-hybridized carbons (Fsp3) is 0.429. The summed E-state index contributed by atoms with van der Waals surface area (Å²) in [7, 11) is 0. The first-order valence-electron chi connectivity index (χ1n) is 9.66. The first-order valence-corrected chi connectivity index (χ1v) is 9.66. The number of aliphatic hydroxyl groups is 1. The highest BCUT2D eigenvalue weighted by Crippen LogP contribution is 2.34. The maximum absolute atomic E-state index is 13.4. The Kier molecular flexibility index (Phi) is 5.52. The molecule has 1 aromatic carbocycles. The molecule has 2 atom stereocenters. The highest BCUT2D eigenvalue weighted by Gasteiger charge is 2.28. The number of halogens is 2. The number of furan rings is 1. The molecule has 28 heavy (non-hydrogen) atoms. The highest BCUT2D eigenvalue weighted by atomic mass is 19.3. The van der Waals surface area contributed by atoms with Gasteiger partial charge in [-0.15, -0.1) is 0 Å². The minimum absolute atomic E-state index is 0.0218. The quantitative estimate of drug-likeness (QED) is 0.665. The van der Waals surface area contributed by atoms with E-state index in [1.165, 1.54) is 6.26 Å². The number of hydrogen-bond acceptors (Lipinski definition) is 5. The lowest BCUT2D eigenvalue weighted by Crippen LogP contribution is -2.37. The molecule has 2 aromatic heterocycles. The van der Waals surface area contributed by atoms with Crippen LogP contribution >= 0.6 is 0 Å². The Labute approximate surface area is 162 Å². The average molecular weight is 387 g/mol. The zero-order chi connectivity index (χ0) is 19.5. The molecule has 7 heteroatoms. The summed E-state index contributed by atoms with van der Waals surface area (Å²) in [6, 6.07) is 10.7. The van der Waals surface area contributed by atoms with Gasteiger partial charge in [0.05, 0.1) is 11.8 Å². The van der Waals surface area contributed by atoms with Gasteiger partial charge in [-0.1, -0.05) is 25.0 Å². The number of para-hydroxylation sites is 1. The highest BCUT2D eigenvalue weighted by molar-refractivity contribution is 5.89. The number of aromatic nitrogens is 2. The van der Waals surface area contributed by atoms with E-state index in [1.54, 1.807) is 24.3 Å². The minimum Gasteiger partial charge on any atom is -0.467 e. The number of fused-ring (bicyclic) bond motifs is 1. The van der Waals surface area contributed by atoms with Gasteiger partial charge in [0.1, 0.15) is 17.7 Å². The molecular formula is C21H23F2N3O2. The molecule has 3 aromatic rings. The van der Waals surface area contributed by atoms with Crippen LogP contribution in [0.15, 0.2) is 47.1 Å². The maximum atomic E-state index is 13.4. The standard InChI is InChI=1S/C21H23F2N3O2/c22-19(23)20-24-16-9-4-3-8-15(16)21(25-20)26-11-5-1-2-7-14(26)13-17(27)18-10-6-12-28-18/h3-4,6,8-10,12,14,17,19,27H,1-2,5,7,11,13H2/t14-,17+/m0/s1. The summed E-state index contributed by atoms with van der Waals surface area (Å²) in [5.41, 5.74) is 0.511. The molecule has 1 saturated heterocycles. The third kappa shape index (κ3) is 3.85. The van der Waals surface area contributed by atoms with Crippen molar-refractivity contribution in [3.8, 4) is 0 Å². The van der Waals surface area contributed by atoms with Gasteiger partial charge in [-0.05, 0) is 37.1 Å². The van der Waals surface area contributed by atoms with Gasteiger partial charge < -0.3 is 14.4 Å². The predicted octanol–water partition coefficient (Wildman–Crippen LogP) is 5.03. The Hall–Kier alpha value is -2.54. The van der Waals surface area contributed by atoms with Gasteiger partial charge in [-0.3, -0.25) is 0 Å². The molecular weight excluding hydrogens is 364 g/mol. The van der Waals surface area contributed by atoms with Crippen LogP contribution < -0.4 is 4.90 Å². The van der Waals surface area contributed by atoms with Crippen molar-refractivity contribution in [1.82, 2.24) is 9.97 Å². The molecule has 0 aliphatic carbocycles. The Morgan fingerprint density at radius 3 is 2.75 bits per heavy atom. The Balaban J connectivity index is 1.73. The van der Waals surface area contributed by atoms with Crippen molar-refractivity contribution >= 4 is 16.7 Å². The maximum Gasteiger partial charge on any atom is 0.297 e. The van der Waals surface area contributed by atoms with Gasteiger partial charge in [-0.25, -0.2) is 18.7 Å². The largest absolute Gasteiger partial charge is 0.467 e. The lowest BCUT2D eigenvalue weighted by Gasteiger charge is -2.33. The van der Waals surface area contributed by atoms with Crippen LogP contribution in [0.3, 0.4) is 0 Å². The molecule has 0 unspecified atom stereocenters. The van der Waals surface area contributed by atoms with Crippen LogP contribution in [0.25, 0.3) is 10.9 Å². The van der Waals surface area contributed by atoms with E-state index in [1.807, 2.05) is 12.1 Å². The van der Waals surface area contributed by atoms with E-state index < -0.39 is 18.4 Å². The van der Waals surface area contributed by atoms with Crippen LogP contribution in [-0.2, 0) is 0 Å². The van der Waals surface area contributed by atoms with Crippen LogP contribution in [0.5, 0.6) is 0 Å². The minimum atomic E-state index is -2.73. The summed E-state index contributed by atoms with van der Waals surface area (Å²) in [6.07, 6.45) is 2.42. The molecule has 1 aliphatic rings. The molecule has 0 saturated carbocycles. The van der Waals surface area contributed by atoms with E-state index in [0.717, 1.165) is 31.1 Å². The molecule has 0 amide bonds. The van der Waals surface area contributed by atoms with Crippen LogP contribution in [0, 0.1) is 0 Å². The summed E-state index contributed by atoms with van der Waals surface area (Å²) in [5.74, 6) is 0.590. The zero-order valence-electron chi connectivity index (χ0n) is 15.5. The molecule has 1 N–H and O–H groups in total. The van der Waals surface area contributed by atoms with Gasteiger partial charge in [0, 0.05) is 24.4 Å². The number of benzene rings is 1. The van der Waals surface area contributed by atoms with Gasteiger partial charge in [0.25, 0.3) is 6.43 Å². The lowest BCUT2D eigenvalue weighted by molar-refractivity contribution is 0.129. The molecule has 3 heterocycles. The van der Waals surface area contributed by atoms with Crippen molar-refractivity contribution in [3.63, 3.8) is 0 Å². The Bertz CT molecular complexity index is 917. The number of anilines is 1. The van der Waals surface area contributed by atoms with E-state index in [9.17, 15) is 13.9 Å². The molecule has 1 fully saturated rings. The first-order chi connectivity index (χ1) is 13.6. The lowest BCUT2D eigenvalue weighted by atomic mass is 10.0. The normalized spacial score (nSPS) is 19.1. The van der Waals surface area contributed by atoms with Crippen molar-refractivity contribution in [3.05, 3.63) is 54.2 Å². The molecule has 5 nitrogen and oxygen atoms in total. The predicted molar refractivity (Wildman–Crippen MR) is 102 cm³/mol. The molecule has 1 aliphatic heterocycles. The molecule has 4 rings (SSSR count). The van der Waals surface area contributed by atoms with Crippen LogP contribution in [0.1, 0.15) is 56.2 Å². The SMILES string of the molecule is O[C@H](C[C@@H]1CCCCCN1c1nc(C(F)F)nc2ccccc12)c1ccco1. The van der Waals surface area contributed by atoms with Crippen LogP contribution in [-0.4, -0.2) is 27.7 Å². The van der Waals surface area contributed by atoms with Gasteiger partial charge in [-0.2, -0.15) is 0 Å². The third-order valence-corrected chi connectivity index (χ3v) is 5.31. The van der Waals surface area contributed by atoms with Crippen molar-refractivity contribution < 1.29 is 18.3 Å².